The third-order valence-corrected chi connectivity index (χ3v) is 6.69. The Kier molecular flexibility index (Phi) is 5.93. The van der Waals surface area contributed by atoms with Gasteiger partial charge in [0.2, 0.25) is 5.95 Å². The first-order chi connectivity index (χ1) is 14.1. The highest BCUT2D eigenvalue weighted by atomic mass is 35.5. The zero-order chi connectivity index (χ0) is 20.1. The van der Waals surface area contributed by atoms with Gasteiger partial charge in [-0.15, -0.1) is 12.4 Å². The molecular formula is C19H30ClN7O3. The monoisotopic (exact) mass is 439 g/mol. The van der Waals surface area contributed by atoms with Gasteiger partial charge in [0, 0.05) is 58.8 Å². The summed E-state index contributed by atoms with van der Waals surface area (Å²) in [5.74, 6) is 1.17. The second-order valence-electron chi connectivity index (χ2n) is 8.38. The van der Waals surface area contributed by atoms with Gasteiger partial charge in [0.05, 0.1) is 13.2 Å². The molecule has 0 bridgehead atoms. The van der Waals surface area contributed by atoms with E-state index in [-0.39, 0.29) is 23.7 Å². The Bertz CT molecular complexity index is 1040. The van der Waals surface area contributed by atoms with Crippen LogP contribution in [0.1, 0.15) is 19.3 Å². The number of ether oxygens (including phenoxy) is 1. The number of nitrogens with one attached hydrogen (secondary N) is 1. The SMILES string of the molecule is Cl.Cn1c(=O)c2c(nc(N3CCOCC3)n2CC2CNN3CCCCC23)n(C)c1=O. The van der Waals surface area contributed by atoms with E-state index >= 15 is 0 Å². The zero-order valence-corrected chi connectivity index (χ0v) is 18.4. The van der Waals surface area contributed by atoms with Crippen LogP contribution in [0.4, 0.5) is 5.95 Å². The molecule has 0 aliphatic carbocycles. The Morgan fingerprint density at radius 2 is 1.87 bits per heavy atom. The minimum atomic E-state index is -0.346. The van der Waals surface area contributed by atoms with Gasteiger partial charge in [-0.25, -0.2) is 9.80 Å². The molecule has 0 saturated carbocycles. The highest BCUT2D eigenvalue weighted by molar-refractivity contribution is 5.85. The molecular weight excluding hydrogens is 410 g/mol. The van der Waals surface area contributed by atoms with Gasteiger partial charge in [0.1, 0.15) is 0 Å². The number of anilines is 1. The normalized spacial score (nSPS) is 24.8. The highest BCUT2D eigenvalue weighted by Crippen LogP contribution is 2.30. The molecule has 0 aromatic carbocycles. The molecule has 2 unspecified atom stereocenters. The summed E-state index contributed by atoms with van der Waals surface area (Å²) in [6.07, 6.45) is 3.65. The van der Waals surface area contributed by atoms with Crippen LogP contribution in [0, 0.1) is 5.92 Å². The van der Waals surface area contributed by atoms with Gasteiger partial charge in [0.25, 0.3) is 5.56 Å². The van der Waals surface area contributed by atoms with Crippen molar-refractivity contribution in [2.45, 2.75) is 31.8 Å². The van der Waals surface area contributed by atoms with Gasteiger partial charge >= 0.3 is 5.69 Å². The van der Waals surface area contributed by atoms with Crippen LogP contribution in [-0.2, 0) is 25.4 Å². The molecule has 10 nitrogen and oxygen atoms in total. The van der Waals surface area contributed by atoms with Gasteiger partial charge in [-0.3, -0.25) is 19.4 Å². The Balaban J connectivity index is 0.00000218. The molecule has 2 aromatic heterocycles. The Morgan fingerprint density at radius 1 is 1.10 bits per heavy atom. The molecule has 30 heavy (non-hydrogen) atoms. The number of halogens is 1. The first-order valence-electron chi connectivity index (χ1n) is 10.6. The second kappa shape index (κ2) is 8.33. The lowest BCUT2D eigenvalue weighted by Gasteiger charge is -2.32. The average molecular weight is 440 g/mol. The third-order valence-electron chi connectivity index (χ3n) is 6.69. The molecule has 0 radical (unpaired) electrons. The van der Waals surface area contributed by atoms with Gasteiger partial charge in [-0.1, -0.05) is 6.42 Å². The predicted octanol–water partition coefficient (Wildman–Crippen LogP) is -0.319. The minimum absolute atomic E-state index is 0. The largest absolute Gasteiger partial charge is 0.378 e. The van der Waals surface area contributed by atoms with Crippen LogP contribution in [0.15, 0.2) is 9.59 Å². The summed E-state index contributed by atoms with van der Waals surface area (Å²) >= 11 is 0. The number of nitrogens with zero attached hydrogens (tertiary/aromatic N) is 6. The van der Waals surface area contributed by atoms with E-state index in [1.807, 2.05) is 0 Å². The maximum absolute atomic E-state index is 13.1. The maximum atomic E-state index is 13.1. The maximum Gasteiger partial charge on any atom is 0.332 e. The lowest BCUT2D eigenvalue weighted by molar-refractivity contribution is 0.120. The van der Waals surface area contributed by atoms with Crippen LogP contribution >= 0.6 is 12.4 Å². The van der Waals surface area contributed by atoms with Crippen LogP contribution < -0.4 is 21.6 Å². The van der Waals surface area contributed by atoms with Crippen LogP contribution in [0.25, 0.3) is 11.2 Å². The number of rotatable bonds is 3. The molecule has 11 heteroatoms. The molecule has 1 N–H and O–H groups in total. The standard InChI is InChI=1S/C19H29N7O3.ClH/c1-22-16-15(17(27)23(2)19(22)28)25(18(21-16)24-7-9-29-10-8-24)12-13-11-20-26-6-4-3-5-14(13)26;/h13-14,20H,3-12H2,1-2H3;1H. The lowest BCUT2D eigenvalue weighted by Crippen LogP contribution is -2.42. The minimum Gasteiger partial charge on any atom is -0.378 e. The molecule has 2 aromatic rings. The fraction of sp³-hybridized carbons (Fsp3) is 0.737. The Labute approximate surface area is 180 Å². The van der Waals surface area contributed by atoms with E-state index in [9.17, 15) is 9.59 Å². The van der Waals surface area contributed by atoms with E-state index in [1.54, 1.807) is 7.05 Å². The fourth-order valence-corrected chi connectivity index (χ4v) is 5.05. The van der Waals surface area contributed by atoms with Crippen molar-refractivity contribution >= 4 is 29.5 Å². The number of fused-ring (bicyclic) bond motifs is 2. The summed E-state index contributed by atoms with van der Waals surface area (Å²) in [6, 6.07) is 0.482. The number of morpholine rings is 1. The van der Waals surface area contributed by atoms with Crippen molar-refractivity contribution in [3.63, 3.8) is 0 Å². The molecule has 3 aliphatic rings. The van der Waals surface area contributed by atoms with Crippen LogP contribution in [0.3, 0.4) is 0 Å². The molecule has 3 aliphatic heterocycles. The van der Waals surface area contributed by atoms with E-state index in [0.717, 1.165) is 32.1 Å². The second-order valence-corrected chi connectivity index (χ2v) is 8.38. The first-order valence-corrected chi connectivity index (χ1v) is 10.6. The summed E-state index contributed by atoms with van der Waals surface area (Å²) < 4.78 is 10.2. The number of piperidine rings is 1. The van der Waals surface area contributed by atoms with Gasteiger partial charge in [0.15, 0.2) is 11.2 Å². The number of hydrazine groups is 1. The summed E-state index contributed by atoms with van der Waals surface area (Å²) in [6.45, 7) is 5.44. The summed E-state index contributed by atoms with van der Waals surface area (Å²) in [4.78, 5) is 32.5. The van der Waals surface area contributed by atoms with Crippen LogP contribution in [-0.4, -0.2) is 69.1 Å². The molecule has 5 rings (SSSR count). The smallest absolute Gasteiger partial charge is 0.332 e. The highest BCUT2D eigenvalue weighted by Gasteiger charge is 2.37. The summed E-state index contributed by atoms with van der Waals surface area (Å²) in [7, 11) is 3.22. The quantitative estimate of drug-likeness (QED) is 0.701. The van der Waals surface area contributed by atoms with Crippen molar-refractivity contribution in [1.82, 2.24) is 29.1 Å². The van der Waals surface area contributed by atoms with Gasteiger partial charge < -0.3 is 14.2 Å². The summed E-state index contributed by atoms with van der Waals surface area (Å²) in [5, 5.41) is 2.37. The number of hydrogen-bond acceptors (Lipinski definition) is 7. The number of imidazole rings is 1. The fourth-order valence-electron chi connectivity index (χ4n) is 5.05. The molecule has 0 spiro atoms. The Hall–Kier alpha value is -1.88. The molecule has 166 valence electrons. The van der Waals surface area contributed by atoms with Crippen LogP contribution in [0.2, 0.25) is 0 Å². The van der Waals surface area contributed by atoms with Gasteiger partial charge in [-0.05, 0) is 12.8 Å². The van der Waals surface area contributed by atoms with Crippen molar-refractivity contribution in [3.05, 3.63) is 20.8 Å². The van der Waals surface area contributed by atoms with Crippen molar-refractivity contribution in [2.24, 2.45) is 20.0 Å². The number of aromatic nitrogens is 4. The van der Waals surface area contributed by atoms with Gasteiger partial charge in [-0.2, -0.15) is 4.98 Å². The molecule has 3 saturated heterocycles. The van der Waals surface area contributed by atoms with Crippen molar-refractivity contribution in [2.75, 3.05) is 44.3 Å². The topological polar surface area (TPSA) is 89.6 Å². The van der Waals surface area contributed by atoms with Crippen molar-refractivity contribution < 1.29 is 4.74 Å². The predicted molar refractivity (Wildman–Crippen MR) is 116 cm³/mol. The summed E-state index contributed by atoms with van der Waals surface area (Å²) in [5.41, 5.74) is 3.90. The first kappa shape index (κ1) is 21.4. The van der Waals surface area contributed by atoms with E-state index in [0.29, 0.717) is 42.9 Å². The zero-order valence-electron chi connectivity index (χ0n) is 17.5. The van der Waals surface area contributed by atoms with E-state index in [4.69, 9.17) is 9.72 Å². The number of hydrogen-bond donors (Lipinski definition) is 1. The Morgan fingerprint density at radius 3 is 2.63 bits per heavy atom. The molecule has 2 atom stereocenters. The van der Waals surface area contributed by atoms with E-state index in [1.165, 1.54) is 35.4 Å². The molecule has 5 heterocycles. The third kappa shape index (κ3) is 3.35. The molecule has 3 fully saturated rings. The average Bonchev–Trinajstić information content (AvgIpc) is 3.34. The van der Waals surface area contributed by atoms with Crippen molar-refractivity contribution in [3.8, 4) is 0 Å². The lowest BCUT2D eigenvalue weighted by atomic mass is 9.93. The van der Waals surface area contributed by atoms with Crippen molar-refractivity contribution in [1.29, 1.82) is 0 Å². The van der Waals surface area contributed by atoms with Crippen LogP contribution in [0.5, 0.6) is 0 Å². The van der Waals surface area contributed by atoms with E-state index < -0.39 is 0 Å². The number of aryl methyl sites for hydroxylation is 1. The molecule has 0 amide bonds. The van der Waals surface area contributed by atoms with E-state index in [2.05, 4.69) is 19.9 Å².